The molecule has 6 aromatic heterocycles. The number of rotatable bonds is 15. The van der Waals surface area contributed by atoms with Crippen LogP contribution in [0.3, 0.4) is 0 Å². The minimum Gasteiger partial charge on any atom is -0.399 e. The average Bonchev–Trinajstić information content (AvgIpc) is 1.70. The topological polar surface area (TPSA) is 326 Å². The molecule has 530 valence electrons. The van der Waals surface area contributed by atoms with Crippen molar-refractivity contribution < 1.29 is 27.6 Å². The normalized spacial score (nSPS) is 20.0. The molecule has 9 atom stereocenters. The molecule has 103 heavy (non-hydrogen) atoms. The summed E-state index contributed by atoms with van der Waals surface area (Å²) in [5.74, 6) is 0.360. The van der Waals surface area contributed by atoms with Gasteiger partial charge in [0.25, 0.3) is 17.7 Å². The Morgan fingerprint density at radius 1 is 0.369 bits per heavy atom. The van der Waals surface area contributed by atoms with Crippen molar-refractivity contribution in [2.24, 2.45) is 0 Å². The van der Waals surface area contributed by atoms with E-state index in [1.807, 2.05) is 91.4 Å². The number of anilines is 6. The second-order valence-corrected chi connectivity index (χ2v) is 26.9. The first kappa shape index (κ1) is 71.9. The second-order valence-electron chi connectivity index (χ2n) is 25.7. The highest BCUT2D eigenvalue weighted by Gasteiger charge is 2.34. The van der Waals surface area contributed by atoms with Crippen molar-refractivity contribution in [2.45, 2.75) is 120 Å². The fraction of sp³-hybridized carbons (Fsp3) is 0.250. The zero-order valence-corrected chi connectivity index (χ0v) is 57.1. The Balaban J connectivity index is 0.000000145. The molecule has 21 nitrogen and oxygen atoms in total. The van der Waals surface area contributed by atoms with Gasteiger partial charge in [-0.1, -0.05) is 96.8 Å². The number of nitrogens with one attached hydrogen (secondary N) is 9. The number of aromatic nitrogens is 9. The van der Waals surface area contributed by atoms with Crippen LogP contribution in [0.15, 0.2) is 183 Å². The van der Waals surface area contributed by atoms with Crippen LogP contribution in [0.4, 0.5) is 48.1 Å². The van der Waals surface area contributed by atoms with Gasteiger partial charge in [-0.3, -0.25) is 14.4 Å². The largest absolute Gasteiger partial charge is 0.399 e. The number of amides is 3. The Morgan fingerprint density at radius 2 is 0.621 bits per heavy atom. The third kappa shape index (κ3) is 17.7. The van der Waals surface area contributed by atoms with Crippen molar-refractivity contribution in [3.05, 3.63) is 215 Å². The van der Waals surface area contributed by atoms with E-state index in [-0.39, 0.29) is 80.7 Å². The molecule has 27 heteroatoms. The Hall–Kier alpha value is -11.0. The number of fused-ring (bicyclic) bond motifs is 3. The Kier molecular flexibility index (Phi) is 22.6. The monoisotopic (exact) mass is 1450 g/mol. The number of halogens is 6. The van der Waals surface area contributed by atoms with Crippen molar-refractivity contribution >= 4 is 120 Å². The van der Waals surface area contributed by atoms with E-state index < -0.39 is 18.5 Å². The zero-order chi connectivity index (χ0) is 71.0. The molecule has 0 saturated heterocycles. The van der Waals surface area contributed by atoms with E-state index in [2.05, 4.69) is 76.8 Å². The van der Waals surface area contributed by atoms with Gasteiger partial charge in [-0.25, -0.2) is 43.1 Å². The van der Waals surface area contributed by atoms with Crippen molar-refractivity contribution in [2.75, 3.05) is 33.2 Å². The standard InChI is InChI=1S/3C25H24ClFN6O.CH4/c3*26-21-13-30-25(33-23(21)20-12-29-22-4-2-1-3-19(20)22)32-18-10-15(27)9-17(11-18)31-24(34)14-5-7-16(28)8-6-14;/h3*1-8,12-13,15,17-18,29H,9-11,28H2,(H,31,34)(H,30,32,33);1H4/t3*15-,17+,18-;/m110./s1. The lowest BCUT2D eigenvalue weighted by atomic mass is 9.89. The molecule has 15 N–H and O–H groups in total. The molecule has 0 spiro atoms. The predicted octanol–water partition coefficient (Wildman–Crippen LogP) is 15.5. The maximum Gasteiger partial charge on any atom is 0.251 e. The first-order valence-corrected chi connectivity index (χ1v) is 34.5. The average molecular weight is 1450 g/mol. The smallest absolute Gasteiger partial charge is 0.251 e. The first-order chi connectivity index (χ1) is 49.4. The number of H-pyrrole nitrogens is 3. The molecule has 15 rings (SSSR count). The number of nitrogens with zero attached hydrogens (tertiary/aromatic N) is 6. The molecule has 6 aromatic carbocycles. The van der Waals surface area contributed by atoms with Gasteiger partial charge >= 0.3 is 0 Å². The van der Waals surface area contributed by atoms with Crippen LogP contribution in [0, 0.1) is 0 Å². The van der Waals surface area contributed by atoms with Gasteiger partial charge in [0, 0.05) is 138 Å². The summed E-state index contributed by atoms with van der Waals surface area (Å²) in [7, 11) is 0. The summed E-state index contributed by atoms with van der Waals surface area (Å²) in [6.07, 6.45) is 10.4. The van der Waals surface area contributed by atoms with Crippen molar-refractivity contribution in [1.82, 2.24) is 60.8 Å². The highest BCUT2D eigenvalue weighted by atomic mass is 35.5. The number of hydrogen-bond donors (Lipinski definition) is 12. The summed E-state index contributed by atoms with van der Waals surface area (Å²) >= 11 is 19.3. The first-order valence-electron chi connectivity index (χ1n) is 33.4. The van der Waals surface area contributed by atoms with Crippen LogP contribution in [0.1, 0.15) is 96.3 Å². The van der Waals surface area contributed by atoms with E-state index in [0.29, 0.717) is 122 Å². The second kappa shape index (κ2) is 32.4. The van der Waals surface area contributed by atoms with Crippen LogP contribution in [-0.4, -0.2) is 117 Å². The minimum atomic E-state index is -1.05. The Labute approximate surface area is 606 Å². The van der Waals surface area contributed by atoms with Gasteiger partial charge in [0.1, 0.15) is 18.5 Å². The number of carbonyl (C=O) groups excluding carboxylic acids is 3. The lowest BCUT2D eigenvalue weighted by Gasteiger charge is -2.32. The molecule has 3 aliphatic carbocycles. The van der Waals surface area contributed by atoms with Crippen LogP contribution >= 0.6 is 34.8 Å². The number of nitrogen functional groups attached to an aromatic ring is 3. The molecule has 6 heterocycles. The maximum atomic E-state index is 14.6. The lowest BCUT2D eigenvalue weighted by molar-refractivity contribution is 0.0900. The highest BCUT2D eigenvalue weighted by molar-refractivity contribution is 6.34. The summed E-state index contributed by atoms with van der Waals surface area (Å²) < 4.78 is 43.7. The summed E-state index contributed by atoms with van der Waals surface area (Å²) in [5.41, 5.74) is 27.6. The van der Waals surface area contributed by atoms with Crippen LogP contribution in [0.5, 0.6) is 0 Å². The van der Waals surface area contributed by atoms with Crippen LogP contribution in [-0.2, 0) is 0 Å². The number of hydrogen-bond acceptors (Lipinski definition) is 15. The van der Waals surface area contributed by atoms with E-state index in [9.17, 15) is 27.6 Å². The summed E-state index contributed by atoms with van der Waals surface area (Å²) in [4.78, 5) is 74.2. The molecule has 3 fully saturated rings. The number of alkyl halides is 3. The van der Waals surface area contributed by atoms with Crippen LogP contribution < -0.4 is 49.1 Å². The van der Waals surface area contributed by atoms with Gasteiger partial charge in [0.15, 0.2) is 0 Å². The molecule has 3 aliphatic rings. The van der Waals surface area contributed by atoms with Crippen LogP contribution in [0.25, 0.3) is 66.5 Å². The molecule has 0 unspecified atom stereocenters. The number of carbonyl (C=O) groups is 3. The molecule has 12 aromatic rings. The quantitative estimate of drug-likeness (QED) is 0.0425. The van der Waals surface area contributed by atoms with Crippen molar-refractivity contribution in [3.8, 4) is 33.8 Å². The minimum absolute atomic E-state index is 0. The van der Waals surface area contributed by atoms with Crippen LogP contribution in [0.2, 0.25) is 15.1 Å². The molecule has 0 aliphatic heterocycles. The number of benzene rings is 6. The maximum absolute atomic E-state index is 14.6. The SMILES string of the molecule is C.Nc1ccc(C(=O)N[C@@H]2C[C@H](F)C[C@H](Nc3ncc(Cl)c(-c4c[nH]c5ccccc45)n3)C2)cc1.Nc1ccc(C(=O)N[C@H]2C[C@@H](F)C[C@@H](Nc3ncc(Cl)c(-c4c[nH]c5ccccc45)n3)C2)cc1.Nc1ccc(C(=O)N[C@H]2C[C@@H](F)C[C@@H](Nc3ncc(Cl)c(-c4c[nH]c5ccccc45)n3)C2)cc1. The van der Waals surface area contributed by atoms with Gasteiger partial charge in [-0.2, -0.15) is 0 Å². The van der Waals surface area contributed by atoms with E-state index in [0.717, 1.165) is 49.4 Å². The highest BCUT2D eigenvalue weighted by Crippen LogP contribution is 2.37. The Morgan fingerprint density at radius 3 is 0.893 bits per heavy atom. The van der Waals surface area contributed by atoms with Crippen molar-refractivity contribution in [1.29, 1.82) is 0 Å². The van der Waals surface area contributed by atoms with E-state index in [4.69, 9.17) is 52.0 Å². The molecule has 0 bridgehead atoms. The van der Waals surface area contributed by atoms with Gasteiger partial charge in [0.2, 0.25) is 17.8 Å². The molecule has 3 saturated carbocycles. The fourth-order valence-corrected chi connectivity index (χ4v) is 14.0. The number of aromatic amines is 3. The third-order valence-electron chi connectivity index (χ3n) is 18.2. The molecular formula is C76H76Cl3F3N18O3. The van der Waals surface area contributed by atoms with Gasteiger partial charge in [0.05, 0.1) is 50.7 Å². The van der Waals surface area contributed by atoms with E-state index in [1.165, 1.54) is 0 Å². The predicted molar refractivity (Wildman–Crippen MR) is 405 cm³/mol. The zero-order valence-electron chi connectivity index (χ0n) is 54.8. The van der Waals surface area contributed by atoms with E-state index in [1.54, 1.807) is 91.4 Å². The van der Waals surface area contributed by atoms with Gasteiger partial charge in [-0.15, -0.1) is 0 Å². The van der Waals surface area contributed by atoms with E-state index >= 15 is 0 Å². The summed E-state index contributed by atoms with van der Waals surface area (Å²) in [6, 6.07) is 42.0. The molecule has 0 radical (unpaired) electrons. The van der Waals surface area contributed by atoms with Gasteiger partial charge < -0.3 is 64.1 Å². The molecular weight excluding hydrogens is 1380 g/mol. The number of para-hydroxylation sites is 3. The fourth-order valence-electron chi connectivity index (χ4n) is 13.4. The van der Waals surface area contributed by atoms with Crippen molar-refractivity contribution in [3.63, 3.8) is 0 Å². The molecule has 3 amide bonds. The summed E-state index contributed by atoms with van der Waals surface area (Å²) in [6.45, 7) is 0. The third-order valence-corrected chi connectivity index (χ3v) is 19.1. The Bertz CT molecular complexity index is 4460. The lowest BCUT2D eigenvalue weighted by Crippen LogP contribution is -2.45. The van der Waals surface area contributed by atoms with Gasteiger partial charge in [-0.05, 0) is 149 Å². The summed E-state index contributed by atoms with van der Waals surface area (Å²) in [5, 5.41) is 22.8. The number of nitrogens with two attached hydrogens (primary N) is 3.